The third-order valence-corrected chi connectivity index (χ3v) is 5.69. The number of unbranched alkanes of at least 4 members (excludes halogenated alkanes) is 2. The van der Waals surface area contributed by atoms with E-state index in [2.05, 4.69) is 17.0 Å². The van der Waals surface area contributed by atoms with Crippen molar-refractivity contribution in [2.24, 2.45) is 0 Å². The first-order chi connectivity index (χ1) is 14.1. The Morgan fingerprint density at radius 3 is 2.55 bits per heavy atom. The maximum absolute atomic E-state index is 12.7. The number of aromatic nitrogens is 3. The molecule has 0 N–H and O–H groups in total. The Balaban J connectivity index is 1.55. The Morgan fingerprint density at radius 2 is 1.86 bits per heavy atom. The predicted octanol–water partition coefficient (Wildman–Crippen LogP) is 4.59. The van der Waals surface area contributed by atoms with Crippen molar-refractivity contribution < 1.29 is 4.74 Å². The fourth-order valence-electron chi connectivity index (χ4n) is 2.91. The highest BCUT2D eigenvalue weighted by Gasteiger charge is 2.12. The molecule has 0 bridgehead atoms. The van der Waals surface area contributed by atoms with Crippen LogP contribution in [0.25, 0.3) is 22.4 Å². The number of thiazole rings is 1. The van der Waals surface area contributed by atoms with E-state index >= 15 is 0 Å². The predicted molar refractivity (Wildman–Crippen MR) is 118 cm³/mol. The lowest BCUT2D eigenvalue weighted by Crippen LogP contribution is -2.23. The summed E-state index contributed by atoms with van der Waals surface area (Å²) < 4.78 is 7.68. The molecule has 5 nitrogen and oxygen atoms in total. The molecule has 0 aliphatic heterocycles. The van der Waals surface area contributed by atoms with Crippen LogP contribution in [0.2, 0.25) is 5.02 Å². The highest BCUT2D eigenvalue weighted by atomic mass is 35.5. The number of fused-ring (bicyclic) bond motifs is 1. The fourth-order valence-corrected chi connectivity index (χ4v) is 3.94. The summed E-state index contributed by atoms with van der Waals surface area (Å²) >= 11 is 7.25. The quantitative estimate of drug-likeness (QED) is 0.406. The number of rotatable bonds is 7. The van der Waals surface area contributed by atoms with Gasteiger partial charge < -0.3 is 4.74 Å². The second kappa shape index (κ2) is 8.76. The van der Waals surface area contributed by atoms with Crippen molar-refractivity contribution in [3.8, 4) is 17.1 Å². The van der Waals surface area contributed by atoms with Crippen molar-refractivity contribution in [2.75, 3.05) is 6.61 Å². The molecule has 7 heteroatoms. The van der Waals surface area contributed by atoms with Crippen molar-refractivity contribution in [1.82, 2.24) is 14.6 Å². The van der Waals surface area contributed by atoms with Crippen molar-refractivity contribution in [1.29, 1.82) is 0 Å². The molecule has 4 aromatic rings. The van der Waals surface area contributed by atoms with E-state index in [-0.39, 0.29) is 5.56 Å². The Labute approximate surface area is 177 Å². The minimum atomic E-state index is -0.169. The maximum Gasteiger partial charge on any atom is 0.291 e. The topological polar surface area (TPSA) is 56.5 Å². The lowest BCUT2D eigenvalue weighted by atomic mass is 10.2. The molecular weight excluding hydrogens is 406 g/mol. The first kappa shape index (κ1) is 19.6. The number of benzene rings is 2. The van der Waals surface area contributed by atoms with Gasteiger partial charge in [-0.2, -0.15) is 9.50 Å². The Bertz CT molecular complexity index is 1210. The van der Waals surface area contributed by atoms with Gasteiger partial charge >= 0.3 is 0 Å². The lowest BCUT2D eigenvalue weighted by Gasteiger charge is -2.05. The number of hydrogen-bond acceptors (Lipinski definition) is 5. The van der Waals surface area contributed by atoms with Crippen molar-refractivity contribution in [2.45, 2.75) is 26.2 Å². The summed E-state index contributed by atoms with van der Waals surface area (Å²) in [5.74, 6) is 1.36. The van der Waals surface area contributed by atoms with E-state index < -0.39 is 0 Å². The van der Waals surface area contributed by atoms with Gasteiger partial charge in [0.15, 0.2) is 5.82 Å². The SMILES string of the molecule is CCCCCOc1ccc(C=c2sc3nc(-c4ccc(Cl)cc4)nn3c2=O)cc1. The number of halogens is 1. The molecular formula is C22H20ClN3O2S. The average molecular weight is 426 g/mol. The first-order valence-electron chi connectivity index (χ1n) is 9.54. The molecule has 0 saturated heterocycles. The van der Waals surface area contributed by atoms with Crippen LogP contribution in [-0.2, 0) is 0 Å². The van der Waals surface area contributed by atoms with Crippen LogP contribution in [0.15, 0.2) is 53.3 Å². The third-order valence-electron chi connectivity index (χ3n) is 4.48. The van der Waals surface area contributed by atoms with Gasteiger partial charge in [-0.25, -0.2) is 0 Å². The van der Waals surface area contributed by atoms with E-state index in [1.54, 1.807) is 12.1 Å². The van der Waals surface area contributed by atoms with E-state index in [0.29, 0.717) is 20.3 Å². The summed E-state index contributed by atoms with van der Waals surface area (Å²) in [7, 11) is 0. The van der Waals surface area contributed by atoms with Gasteiger partial charge in [0, 0.05) is 10.6 Å². The van der Waals surface area contributed by atoms with Gasteiger partial charge in [0.25, 0.3) is 5.56 Å². The van der Waals surface area contributed by atoms with E-state index in [1.807, 2.05) is 42.5 Å². The normalized spacial score (nSPS) is 12.0. The van der Waals surface area contributed by atoms with Crippen molar-refractivity contribution in [3.63, 3.8) is 0 Å². The van der Waals surface area contributed by atoms with E-state index in [0.717, 1.165) is 29.9 Å². The molecule has 148 valence electrons. The number of hydrogen-bond donors (Lipinski definition) is 0. The summed E-state index contributed by atoms with van der Waals surface area (Å²) in [4.78, 5) is 17.8. The minimum Gasteiger partial charge on any atom is -0.494 e. The molecule has 4 rings (SSSR count). The van der Waals surface area contributed by atoms with E-state index in [4.69, 9.17) is 16.3 Å². The Hall–Kier alpha value is -2.70. The molecule has 2 aromatic heterocycles. The van der Waals surface area contributed by atoms with Crippen LogP contribution in [0, 0.1) is 0 Å². The number of nitrogens with zero attached hydrogens (tertiary/aromatic N) is 3. The molecule has 0 amide bonds. The lowest BCUT2D eigenvalue weighted by molar-refractivity contribution is 0.306. The molecule has 2 aromatic carbocycles. The zero-order valence-electron chi connectivity index (χ0n) is 16.0. The second-order valence-electron chi connectivity index (χ2n) is 6.68. The first-order valence-corrected chi connectivity index (χ1v) is 10.7. The zero-order chi connectivity index (χ0) is 20.2. The van der Waals surface area contributed by atoms with Crippen LogP contribution < -0.4 is 14.8 Å². The summed E-state index contributed by atoms with van der Waals surface area (Å²) in [6, 6.07) is 15.0. The summed E-state index contributed by atoms with van der Waals surface area (Å²) in [6.07, 6.45) is 5.26. The van der Waals surface area contributed by atoms with Crippen LogP contribution in [0.4, 0.5) is 0 Å². The monoisotopic (exact) mass is 425 g/mol. The van der Waals surface area contributed by atoms with Gasteiger partial charge in [-0.3, -0.25) is 4.79 Å². The molecule has 0 fully saturated rings. The molecule has 0 spiro atoms. The van der Waals surface area contributed by atoms with Crippen LogP contribution in [-0.4, -0.2) is 21.2 Å². The second-order valence-corrected chi connectivity index (χ2v) is 8.12. The van der Waals surface area contributed by atoms with Gasteiger partial charge in [-0.15, -0.1) is 5.10 Å². The molecule has 0 aliphatic rings. The molecule has 0 radical (unpaired) electrons. The van der Waals surface area contributed by atoms with E-state index in [1.165, 1.54) is 28.7 Å². The van der Waals surface area contributed by atoms with Crippen LogP contribution in [0.3, 0.4) is 0 Å². The average Bonchev–Trinajstić information content (AvgIpc) is 3.27. The minimum absolute atomic E-state index is 0.169. The van der Waals surface area contributed by atoms with Crippen molar-refractivity contribution >= 4 is 34.0 Å². The standard InChI is InChI=1S/C22H20ClN3O2S/c1-2-3-4-13-28-18-11-5-15(6-12-18)14-19-21(27)26-22(29-19)24-20(25-26)16-7-9-17(23)10-8-16/h5-12,14H,2-4,13H2,1H3. The molecule has 0 saturated carbocycles. The summed E-state index contributed by atoms with van der Waals surface area (Å²) in [6.45, 7) is 2.90. The van der Waals surface area contributed by atoms with Gasteiger partial charge in [0.1, 0.15) is 5.75 Å². The smallest absolute Gasteiger partial charge is 0.291 e. The summed E-state index contributed by atoms with van der Waals surface area (Å²) in [5, 5.41) is 5.00. The van der Waals surface area contributed by atoms with Gasteiger partial charge in [-0.1, -0.05) is 54.8 Å². The Morgan fingerprint density at radius 1 is 1.10 bits per heavy atom. The fraction of sp³-hybridized carbons (Fsp3) is 0.227. The highest BCUT2D eigenvalue weighted by molar-refractivity contribution is 7.15. The maximum atomic E-state index is 12.7. The van der Waals surface area contributed by atoms with Crippen LogP contribution in [0.5, 0.6) is 5.75 Å². The molecule has 0 aliphatic carbocycles. The third kappa shape index (κ3) is 4.49. The zero-order valence-corrected chi connectivity index (χ0v) is 17.5. The van der Waals surface area contributed by atoms with Crippen LogP contribution in [0.1, 0.15) is 31.7 Å². The van der Waals surface area contributed by atoms with Gasteiger partial charge in [-0.05, 0) is 54.5 Å². The molecule has 0 atom stereocenters. The van der Waals surface area contributed by atoms with Gasteiger partial charge in [0.05, 0.1) is 11.1 Å². The molecule has 29 heavy (non-hydrogen) atoms. The largest absolute Gasteiger partial charge is 0.494 e. The van der Waals surface area contributed by atoms with Crippen molar-refractivity contribution in [3.05, 3.63) is 74.0 Å². The van der Waals surface area contributed by atoms with E-state index in [9.17, 15) is 4.79 Å². The Kier molecular flexibility index (Phi) is 5.92. The molecule has 0 unspecified atom stereocenters. The molecule has 2 heterocycles. The highest BCUT2D eigenvalue weighted by Crippen LogP contribution is 2.19. The number of ether oxygens (including phenoxy) is 1. The van der Waals surface area contributed by atoms with Crippen LogP contribution >= 0.6 is 22.9 Å². The van der Waals surface area contributed by atoms with Gasteiger partial charge in [0.2, 0.25) is 4.96 Å². The summed E-state index contributed by atoms with van der Waals surface area (Å²) in [5.41, 5.74) is 1.59.